The van der Waals surface area contributed by atoms with Gasteiger partial charge < -0.3 is 19.1 Å². The van der Waals surface area contributed by atoms with Crippen molar-refractivity contribution in [3.63, 3.8) is 0 Å². The number of nitriles is 1. The first kappa shape index (κ1) is 21.4. The van der Waals surface area contributed by atoms with Crippen molar-refractivity contribution >= 4 is 27.4 Å². The number of hydrogen-bond donors (Lipinski definition) is 0. The van der Waals surface area contributed by atoms with Crippen molar-refractivity contribution in [1.29, 1.82) is 5.26 Å². The lowest BCUT2D eigenvalue weighted by atomic mass is 10.1. The number of nitrogens with zero attached hydrogens (tertiary/aromatic N) is 4. The molecule has 0 spiro atoms. The number of hydrogen-bond acceptors (Lipinski definition) is 8. The van der Waals surface area contributed by atoms with E-state index >= 15 is 0 Å². The number of methoxy groups -OCH3 is 3. The third-order valence-electron chi connectivity index (χ3n) is 4.77. The molecule has 30 heavy (non-hydrogen) atoms. The van der Waals surface area contributed by atoms with Crippen LogP contribution in [0.1, 0.15) is 21.8 Å². The zero-order valence-corrected chi connectivity index (χ0v) is 18.6. The average molecular weight is 425 g/mol. The molecule has 0 saturated carbocycles. The van der Waals surface area contributed by atoms with Crippen molar-refractivity contribution in [3.05, 3.63) is 46.6 Å². The SMILES string of the molecule is C=CCN(C)c1nc(Cc2cc(OC)c(OC)c(OC)c2)nc2sc(C#N)c(C)c12. The van der Waals surface area contributed by atoms with Crippen LogP contribution < -0.4 is 19.1 Å². The number of aromatic nitrogens is 2. The summed E-state index contributed by atoms with van der Waals surface area (Å²) in [7, 11) is 6.70. The number of likely N-dealkylation sites (N-methyl/N-ethyl adjacent to an activating group) is 1. The molecule has 1 aromatic carbocycles. The van der Waals surface area contributed by atoms with Crippen molar-refractivity contribution in [2.45, 2.75) is 13.3 Å². The smallest absolute Gasteiger partial charge is 0.203 e. The Morgan fingerprint density at radius 1 is 1.17 bits per heavy atom. The Balaban J connectivity index is 2.13. The van der Waals surface area contributed by atoms with E-state index in [1.807, 2.05) is 37.1 Å². The number of anilines is 1. The Morgan fingerprint density at radius 3 is 2.37 bits per heavy atom. The molecule has 0 aliphatic carbocycles. The maximum absolute atomic E-state index is 9.46. The molecule has 0 bridgehead atoms. The molecule has 0 radical (unpaired) electrons. The highest BCUT2D eigenvalue weighted by Gasteiger charge is 2.20. The molecule has 0 amide bonds. The van der Waals surface area contributed by atoms with Crippen LogP contribution in [-0.4, -0.2) is 44.9 Å². The fourth-order valence-electron chi connectivity index (χ4n) is 3.32. The molecule has 0 unspecified atom stereocenters. The van der Waals surface area contributed by atoms with Crippen LogP contribution in [0.25, 0.3) is 10.2 Å². The van der Waals surface area contributed by atoms with E-state index < -0.39 is 0 Å². The van der Waals surface area contributed by atoms with Crippen molar-refractivity contribution in [2.75, 3.05) is 39.8 Å². The van der Waals surface area contributed by atoms with Crippen molar-refractivity contribution in [3.8, 4) is 23.3 Å². The van der Waals surface area contributed by atoms with Gasteiger partial charge >= 0.3 is 0 Å². The van der Waals surface area contributed by atoms with Gasteiger partial charge in [0, 0.05) is 20.0 Å². The lowest BCUT2D eigenvalue weighted by Crippen LogP contribution is -2.19. The third kappa shape index (κ3) is 3.89. The monoisotopic (exact) mass is 424 g/mol. The number of fused-ring (bicyclic) bond motifs is 1. The fraction of sp³-hybridized carbons (Fsp3) is 0.318. The van der Waals surface area contributed by atoms with Gasteiger partial charge in [-0.05, 0) is 30.2 Å². The van der Waals surface area contributed by atoms with Gasteiger partial charge in [0.05, 0.1) is 26.7 Å². The number of thiophene rings is 1. The van der Waals surface area contributed by atoms with E-state index in [0.717, 1.165) is 27.2 Å². The average Bonchev–Trinajstić information content (AvgIpc) is 3.08. The Hall–Kier alpha value is -3.31. The summed E-state index contributed by atoms with van der Waals surface area (Å²) in [4.78, 5) is 13.0. The van der Waals surface area contributed by atoms with Crippen LogP contribution >= 0.6 is 11.3 Å². The van der Waals surface area contributed by atoms with Crippen LogP contribution in [0.3, 0.4) is 0 Å². The van der Waals surface area contributed by atoms with Gasteiger partial charge in [-0.1, -0.05) is 6.08 Å². The number of benzene rings is 1. The second kappa shape index (κ2) is 9.01. The zero-order valence-electron chi connectivity index (χ0n) is 17.8. The number of aryl methyl sites for hydroxylation is 1. The second-order valence-corrected chi connectivity index (χ2v) is 7.69. The van der Waals surface area contributed by atoms with Crippen LogP contribution in [0.15, 0.2) is 24.8 Å². The van der Waals surface area contributed by atoms with E-state index in [1.54, 1.807) is 21.3 Å². The van der Waals surface area contributed by atoms with Gasteiger partial charge in [0.15, 0.2) is 11.5 Å². The third-order valence-corrected chi connectivity index (χ3v) is 5.86. The maximum Gasteiger partial charge on any atom is 0.203 e. The molecule has 0 fully saturated rings. The van der Waals surface area contributed by atoms with Gasteiger partial charge in [-0.25, -0.2) is 9.97 Å². The molecule has 3 rings (SSSR count). The highest BCUT2D eigenvalue weighted by atomic mass is 32.1. The maximum atomic E-state index is 9.46. The van der Waals surface area contributed by atoms with E-state index in [0.29, 0.717) is 40.9 Å². The molecule has 156 valence electrons. The Kier molecular flexibility index (Phi) is 6.43. The quantitative estimate of drug-likeness (QED) is 0.503. The van der Waals surface area contributed by atoms with Crippen molar-refractivity contribution in [1.82, 2.24) is 9.97 Å². The normalized spacial score (nSPS) is 10.5. The summed E-state index contributed by atoms with van der Waals surface area (Å²) < 4.78 is 16.3. The first-order valence-corrected chi connectivity index (χ1v) is 10.1. The second-order valence-electron chi connectivity index (χ2n) is 6.69. The molecular formula is C22H24N4O3S. The lowest BCUT2D eigenvalue weighted by Gasteiger charge is -2.18. The molecule has 2 heterocycles. The minimum absolute atomic E-state index is 0.473. The van der Waals surface area contributed by atoms with Gasteiger partial charge in [0.2, 0.25) is 5.75 Å². The Bertz CT molecular complexity index is 1110. The Labute approximate surface area is 180 Å². The standard InChI is InChI=1S/C22H24N4O3S/c1-7-8-26(3)21-19-13(2)17(12-23)30-22(19)25-18(24-21)11-14-9-15(27-4)20(29-6)16(10-14)28-5/h7,9-10H,1,8,11H2,2-6H3. The largest absolute Gasteiger partial charge is 0.493 e. The van der Waals surface area contributed by atoms with Crippen molar-refractivity contribution in [2.24, 2.45) is 0 Å². The molecule has 2 aromatic heterocycles. The first-order valence-electron chi connectivity index (χ1n) is 9.28. The minimum Gasteiger partial charge on any atom is -0.493 e. The van der Waals surface area contributed by atoms with Gasteiger partial charge in [-0.3, -0.25) is 0 Å². The predicted molar refractivity (Wildman–Crippen MR) is 119 cm³/mol. The highest BCUT2D eigenvalue weighted by Crippen LogP contribution is 2.39. The molecule has 0 saturated heterocycles. The molecular weight excluding hydrogens is 400 g/mol. The van der Waals surface area contributed by atoms with E-state index in [-0.39, 0.29) is 0 Å². The summed E-state index contributed by atoms with van der Waals surface area (Å²) in [5.41, 5.74) is 1.83. The van der Waals surface area contributed by atoms with Crippen LogP contribution in [0, 0.1) is 18.3 Å². The summed E-state index contributed by atoms with van der Waals surface area (Å²) in [5.74, 6) is 3.14. The molecule has 8 heteroatoms. The van der Waals surface area contributed by atoms with E-state index in [9.17, 15) is 5.26 Å². The molecule has 0 aliphatic heterocycles. The number of rotatable bonds is 8. The van der Waals surface area contributed by atoms with E-state index in [2.05, 4.69) is 12.6 Å². The molecule has 0 aliphatic rings. The minimum atomic E-state index is 0.473. The van der Waals surface area contributed by atoms with Gasteiger partial charge in [0.1, 0.15) is 27.4 Å². The van der Waals surface area contributed by atoms with Crippen LogP contribution in [-0.2, 0) is 6.42 Å². The summed E-state index contributed by atoms with van der Waals surface area (Å²) in [6.07, 6.45) is 2.29. The summed E-state index contributed by atoms with van der Waals surface area (Å²) >= 11 is 1.39. The first-order chi connectivity index (χ1) is 14.5. The van der Waals surface area contributed by atoms with Crippen molar-refractivity contribution < 1.29 is 14.2 Å². The topological polar surface area (TPSA) is 80.5 Å². The lowest BCUT2D eigenvalue weighted by molar-refractivity contribution is 0.324. The molecule has 7 nitrogen and oxygen atoms in total. The fourth-order valence-corrected chi connectivity index (χ4v) is 4.31. The van der Waals surface area contributed by atoms with E-state index in [1.165, 1.54) is 11.3 Å². The summed E-state index contributed by atoms with van der Waals surface area (Å²) in [5, 5.41) is 10.4. The molecule has 3 aromatic rings. The molecule has 0 atom stereocenters. The van der Waals surface area contributed by atoms with Gasteiger partial charge in [-0.2, -0.15) is 5.26 Å². The zero-order chi connectivity index (χ0) is 21.8. The van der Waals surface area contributed by atoms with E-state index in [4.69, 9.17) is 24.2 Å². The van der Waals surface area contributed by atoms with Crippen LogP contribution in [0.4, 0.5) is 5.82 Å². The summed E-state index contributed by atoms with van der Waals surface area (Å²) in [6, 6.07) is 6.04. The predicted octanol–water partition coefficient (Wildman–Crippen LogP) is 4.11. The number of ether oxygens (including phenoxy) is 3. The highest BCUT2D eigenvalue weighted by molar-refractivity contribution is 7.19. The van der Waals surface area contributed by atoms with Crippen LogP contribution in [0.2, 0.25) is 0 Å². The summed E-state index contributed by atoms with van der Waals surface area (Å²) in [6.45, 7) is 6.39. The van der Waals surface area contributed by atoms with Gasteiger partial charge in [-0.15, -0.1) is 17.9 Å². The Morgan fingerprint density at radius 2 is 1.83 bits per heavy atom. The van der Waals surface area contributed by atoms with Gasteiger partial charge in [0.25, 0.3) is 0 Å². The van der Waals surface area contributed by atoms with Crippen LogP contribution in [0.5, 0.6) is 17.2 Å². The molecule has 0 N–H and O–H groups in total.